The Morgan fingerprint density at radius 2 is 1.93 bits per heavy atom. The van der Waals surface area contributed by atoms with Gasteiger partial charge in [0.05, 0.1) is 29.9 Å². The molecule has 0 unspecified atom stereocenters. The van der Waals surface area contributed by atoms with Gasteiger partial charge in [-0.1, -0.05) is 29.3 Å². The fourth-order valence-corrected chi connectivity index (χ4v) is 2.20. The molecule has 1 aromatic rings. The van der Waals surface area contributed by atoms with Crippen molar-refractivity contribution in [1.82, 2.24) is 4.98 Å². The number of carbonyl (C=O) groups is 3. The summed E-state index contributed by atoms with van der Waals surface area (Å²) in [4.78, 5) is 35.9. The number of esters is 1. The molecule has 8 nitrogen and oxygen atoms in total. The number of allylic oxidation sites excluding steroid dienone is 2. The molecule has 0 fully saturated rings. The highest BCUT2D eigenvalue weighted by Crippen LogP contribution is 2.23. The summed E-state index contributed by atoms with van der Waals surface area (Å²) in [6, 6.07) is 1.08. The first-order valence-electron chi connectivity index (χ1n) is 7.85. The summed E-state index contributed by atoms with van der Waals surface area (Å²) in [6.07, 6.45) is -0.763. The number of aromatic carboxylic acids is 1. The molecule has 1 N–H and O–H groups in total. The first kappa shape index (κ1) is 25.4. The first-order valence-corrected chi connectivity index (χ1v) is 8.61. The van der Waals surface area contributed by atoms with Gasteiger partial charge in [0.15, 0.2) is 5.78 Å². The molecular weight excluding hydrogens is 458 g/mol. The van der Waals surface area contributed by atoms with E-state index in [2.05, 4.69) is 14.5 Å². The van der Waals surface area contributed by atoms with Gasteiger partial charge in [0.25, 0.3) is 0 Å². The average Bonchev–Trinajstić information content (AvgIpc) is 2.67. The van der Waals surface area contributed by atoms with Gasteiger partial charge in [-0.15, -0.1) is 13.2 Å². The highest BCUT2D eigenvalue weighted by atomic mass is 35.5. The maximum absolute atomic E-state index is 11.6. The number of hydrogen-bond donors (Lipinski definition) is 1. The number of hydrogen-bond acceptors (Lipinski definition) is 7. The van der Waals surface area contributed by atoms with Gasteiger partial charge >= 0.3 is 18.3 Å². The zero-order valence-corrected chi connectivity index (χ0v) is 16.7. The van der Waals surface area contributed by atoms with E-state index in [4.69, 9.17) is 33.0 Å². The summed E-state index contributed by atoms with van der Waals surface area (Å²) in [5.74, 6) is -2.03. The molecule has 30 heavy (non-hydrogen) atoms. The van der Waals surface area contributed by atoms with Gasteiger partial charge in [0.2, 0.25) is 5.88 Å². The van der Waals surface area contributed by atoms with Crippen LogP contribution in [-0.2, 0) is 19.1 Å². The zero-order chi connectivity index (χ0) is 22.9. The SMILES string of the molecule is COC(=O)C1=CCC(=O)C(Cl)=C1.O=C(O)c1cnc(OCCOC(F)(F)F)c(Cl)c1. The lowest BCUT2D eigenvalue weighted by molar-refractivity contribution is -0.325. The number of nitrogens with zero attached hydrogens (tertiary/aromatic N) is 1. The molecule has 1 aliphatic rings. The molecule has 164 valence electrons. The van der Waals surface area contributed by atoms with Gasteiger partial charge in [0, 0.05) is 12.6 Å². The van der Waals surface area contributed by atoms with Crippen molar-refractivity contribution in [2.24, 2.45) is 0 Å². The molecule has 13 heteroatoms. The lowest BCUT2D eigenvalue weighted by Gasteiger charge is -2.09. The summed E-state index contributed by atoms with van der Waals surface area (Å²) < 4.78 is 47.6. The van der Waals surface area contributed by atoms with Crippen LogP contribution in [0.4, 0.5) is 13.2 Å². The third-order valence-electron chi connectivity index (χ3n) is 3.12. The van der Waals surface area contributed by atoms with E-state index < -0.39 is 31.5 Å². The van der Waals surface area contributed by atoms with E-state index in [0.29, 0.717) is 5.57 Å². The van der Waals surface area contributed by atoms with E-state index in [1.165, 1.54) is 19.3 Å². The van der Waals surface area contributed by atoms with E-state index in [0.717, 1.165) is 12.3 Å². The van der Waals surface area contributed by atoms with Crippen LogP contribution in [0.3, 0.4) is 0 Å². The standard InChI is InChI=1S/C9H7ClF3NO4.C8H7ClO3/c10-6-3-5(8(15)16)4-14-7(6)17-1-2-18-9(11,12)13;1-12-8(11)5-2-3-7(10)6(9)4-5/h3-4H,1-2H2,(H,15,16);2,4H,3H2,1H3. The van der Waals surface area contributed by atoms with Crippen LogP contribution >= 0.6 is 23.2 Å². The third kappa shape index (κ3) is 8.80. The van der Waals surface area contributed by atoms with Gasteiger partial charge in [-0.25, -0.2) is 14.6 Å². The summed E-state index contributed by atoms with van der Waals surface area (Å²) >= 11 is 11.2. The van der Waals surface area contributed by atoms with Gasteiger partial charge in [0.1, 0.15) is 11.6 Å². The Bertz CT molecular complexity index is 869. The largest absolute Gasteiger partial charge is 0.522 e. The van der Waals surface area contributed by atoms with Crippen LogP contribution in [0.1, 0.15) is 16.8 Å². The molecule has 0 saturated carbocycles. The number of carboxylic acid groups (broad SMARTS) is 1. The second kappa shape index (κ2) is 11.5. The quantitative estimate of drug-likeness (QED) is 0.495. The fraction of sp³-hybridized carbons (Fsp3) is 0.294. The molecule has 0 radical (unpaired) electrons. The number of ketones is 1. The Kier molecular flexibility index (Phi) is 9.76. The van der Waals surface area contributed by atoms with Crippen molar-refractivity contribution in [3.63, 3.8) is 0 Å². The van der Waals surface area contributed by atoms with Gasteiger partial charge in [-0.2, -0.15) is 0 Å². The molecule has 2 rings (SSSR count). The Morgan fingerprint density at radius 3 is 2.43 bits per heavy atom. The minimum atomic E-state index is -4.73. The average molecular weight is 472 g/mol. The minimum Gasteiger partial charge on any atom is -0.478 e. The molecule has 1 heterocycles. The number of rotatable bonds is 6. The van der Waals surface area contributed by atoms with Gasteiger partial charge in [-0.3, -0.25) is 9.53 Å². The van der Waals surface area contributed by atoms with E-state index in [-0.39, 0.29) is 33.7 Å². The summed E-state index contributed by atoms with van der Waals surface area (Å²) in [5, 5.41) is 8.59. The minimum absolute atomic E-state index is 0.0814. The Labute approximate surface area is 177 Å². The van der Waals surface area contributed by atoms with Gasteiger partial charge in [-0.05, 0) is 12.1 Å². The number of Topliss-reactive ketones (excluding diaryl/α,β-unsaturated/α-hetero) is 1. The number of carboxylic acids is 1. The summed E-state index contributed by atoms with van der Waals surface area (Å²) in [5.41, 5.74) is 0.181. The fourth-order valence-electron chi connectivity index (χ4n) is 1.78. The van der Waals surface area contributed by atoms with Crippen molar-refractivity contribution < 1.29 is 46.9 Å². The zero-order valence-electron chi connectivity index (χ0n) is 15.2. The van der Waals surface area contributed by atoms with Crippen molar-refractivity contribution in [3.8, 4) is 5.88 Å². The molecule has 0 aromatic carbocycles. The maximum Gasteiger partial charge on any atom is 0.522 e. The van der Waals surface area contributed by atoms with Crippen molar-refractivity contribution in [1.29, 1.82) is 0 Å². The van der Waals surface area contributed by atoms with Crippen molar-refractivity contribution in [2.75, 3.05) is 20.3 Å². The predicted octanol–water partition coefficient (Wildman–Crippen LogP) is 3.53. The number of aromatic nitrogens is 1. The van der Waals surface area contributed by atoms with Crippen molar-refractivity contribution in [3.05, 3.63) is 45.6 Å². The third-order valence-corrected chi connectivity index (χ3v) is 3.71. The molecule has 0 saturated heterocycles. The molecule has 0 spiro atoms. The van der Waals surface area contributed by atoms with Crippen LogP contribution < -0.4 is 4.74 Å². The second-order valence-corrected chi connectivity index (χ2v) is 6.04. The number of alkyl halides is 3. The predicted molar refractivity (Wildman–Crippen MR) is 97.4 cm³/mol. The van der Waals surface area contributed by atoms with Crippen LogP contribution in [0, 0.1) is 0 Å². The lowest BCUT2D eigenvalue weighted by atomic mass is 10.1. The van der Waals surface area contributed by atoms with E-state index in [9.17, 15) is 27.6 Å². The van der Waals surface area contributed by atoms with Crippen molar-refractivity contribution >= 4 is 40.9 Å². The van der Waals surface area contributed by atoms with Crippen LogP contribution in [0.25, 0.3) is 0 Å². The lowest BCUT2D eigenvalue weighted by Crippen LogP contribution is -2.18. The maximum atomic E-state index is 11.6. The highest BCUT2D eigenvalue weighted by molar-refractivity contribution is 6.43. The molecule has 0 atom stereocenters. The number of carbonyl (C=O) groups excluding carboxylic acids is 2. The molecule has 0 aliphatic heterocycles. The summed E-state index contributed by atoms with van der Waals surface area (Å²) in [6.45, 7) is -1.14. The Morgan fingerprint density at radius 1 is 1.27 bits per heavy atom. The van der Waals surface area contributed by atoms with Crippen molar-refractivity contribution in [2.45, 2.75) is 12.8 Å². The second-order valence-electron chi connectivity index (χ2n) is 5.23. The Hall–Kier alpha value is -2.63. The Balaban J connectivity index is 0.000000325. The normalized spacial score (nSPS) is 13.5. The molecule has 1 aliphatic carbocycles. The number of ether oxygens (including phenoxy) is 3. The topological polar surface area (TPSA) is 112 Å². The molecule has 0 bridgehead atoms. The highest BCUT2D eigenvalue weighted by Gasteiger charge is 2.28. The van der Waals surface area contributed by atoms with E-state index in [1.807, 2.05) is 0 Å². The summed E-state index contributed by atoms with van der Waals surface area (Å²) in [7, 11) is 1.28. The number of methoxy groups -OCH3 is 1. The monoisotopic (exact) mass is 471 g/mol. The smallest absolute Gasteiger partial charge is 0.478 e. The first-order chi connectivity index (χ1) is 13.9. The van der Waals surface area contributed by atoms with Crippen LogP contribution in [-0.4, -0.2) is 54.5 Å². The van der Waals surface area contributed by atoms with E-state index in [1.54, 1.807) is 0 Å². The molecule has 0 amide bonds. The van der Waals surface area contributed by atoms with E-state index >= 15 is 0 Å². The molecule has 1 aromatic heterocycles. The van der Waals surface area contributed by atoms with Gasteiger partial charge < -0.3 is 14.6 Å². The number of pyridine rings is 1. The van der Waals surface area contributed by atoms with Crippen LogP contribution in [0.15, 0.2) is 35.0 Å². The van der Waals surface area contributed by atoms with Crippen LogP contribution in [0.5, 0.6) is 5.88 Å². The van der Waals surface area contributed by atoms with Crippen LogP contribution in [0.2, 0.25) is 5.02 Å². The number of halogens is 5. The molecular formula is C17H14Cl2F3NO7.